The Bertz CT molecular complexity index is 702. The van der Waals surface area contributed by atoms with Gasteiger partial charge in [-0.3, -0.25) is 4.99 Å². The molecular formula is C21H31N3O4. The van der Waals surface area contributed by atoms with Crippen molar-refractivity contribution in [3.8, 4) is 11.5 Å². The van der Waals surface area contributed by atoms with Gasteiger partial charge in [0.1, 0.15) is 12.4 Å². The van der Waals surface area contributed by atoms with Crippen molar-refractivity contribution in [1.29, 1.82) is 0 Å². The summed E-state index contributed by atoms with van der Waals surface area (Å²) < 4.78 is 21.4. The molecule has 0 unspecified atom stereocenters. The second-order valence-corrected chi connectivity index (χ2v) is 6.11. The minimum atomic E-state index is 0.500. The number of guanidine groups is 1. The fraction of sp³-hybridized carbons (Fsp3) is 0.476. The van der Waals surface area contributed by atoms with Gasteiger partial charge in [0, 0.05) is 26.2 Å². The molecule has 1 aromatic carbocycles. The van der Waals surface area contributed by atoms with Crippen molar-refractivity contribution in [1.82, 2.24) is 10.6 Å². The van der Waals surface area contributed by atoms with E-state index in [1.807, 2.05) is 30.3 Å². The lowest BCUT2D eigenvalue weighted by molar-refractivity contribution is 0.105. The van der Waals surface area contributed by atoms with Crippen LogP contribution in [0.2, 0.25) is 0 Å². The first-order valence-electron chi connectivity index (χ1n) is 9.60. The summed E-state index contributed by atoms with van der Waals surface area (Å²) in [5.41, 5.74) is 1.17. The highest BCUT2D eigenvalue weighted by Crippen LogP contribution is 2.27. The standard InChI is InChI=1S/C21H31N3O4/c1-4-22-21(23-11-6-13-27-16-18-7-5-14-28-18)24-12-10-17-8-9-19(25-2)20(15-17)26-3/h5,7-9,14-15H,4,6,10-13,16H2,1-3H3,(H2,22,23,24). The third-order valence-corrected chi connectivity index (χ3v) is 4.04. The molecule has 2 rings (SSSR count). The molecule has 0 radical (unpaired) electrons. The number of methoxy groups -OCH3 is 2. The van der Waals surface area contributed by atoms with Crippen LogP contribution in [-0.4, -0.2) is 46.4 Å². The van der Waals surface area contributed by atoms with Crippen molar-refractivity contribution >= 4 is 5.96 Å². The Morgan fingerprint density at radius 1 is 1.11 bits per heavy atom. The Morgan fingerprint density at radius 3 is 2.68 bits per heavy atom. The van der Waals surface area contributed by atoms with Crippen LogP contribution in [0.4, 0.5) is 0 Å². The SMILES string of the molecule is CCNC(=NCCCOCc1ccco1)NCCc1ccc(OC)c(OC)c1. The number of hydrogen-bond donors (Lipinski definition) is 2. The van der Waals surface area contributed by atoms with Crippen LogP contribution < -0.4 is 20.1 Å². The highest BCUT2D eigenvalue weighted by atomic mass is 16.5. The molecule has 2 aromatic rings. The number of benzene rings is 1. The molecule has 154 valence electrons. The maximum atomic E-state index is 5.57. The minimum absolute atomic E-state index is 0.500. The van der Waals surface area contributed by atoms with E-state index >= 15 is 0 Å². The fourth-order valence-corrected chi connectivity index (χ4v) is 2.63. The van der Waals surface area contributed by atoms with Crippen LogP contribution in [0.5, 0.6) is 11.5 Å². The van der Waals surface area contributed by atoms with Crippen molar-refractivity contribution in [3.63, 3.8) is 0 Å². The van der Waals surface area contributed by atoms with Crippen molar-refractivity contribution in [2.75, 3.05) is 40.5 Å². The van der Waals surface area contributed by atoms with Gasteiger partial charge in [-0.05, 0) is 49.6 Å². The zero-order chi connectivity index (χ0) is 20.0. The molecule has 0 bridgehead atoms. The molecule has 7 heteroatoms. The number of rotatable bonds is 12. The summed E-state index contributed by atoms with van der Waals surface area (Å²) in [6, 6.07) is 9.74. The zero-order valence-electron chi connectivity index (χ0n) is 17.0. The van der Waals surface area contributed by atoms with Crippen LogP contribution in [-0.2, 0) is 17.8 Å². The van der Waals surface area contributed by atoms with Gasteiger partial charge < -0.3 is 29.3 Å². The molecular weight excluding hydrogens is 358 g/mol. The Labute approximate surface area is 167 Å². The van der Waals surface area contributed by atoms with E-state index in [1.165, 1.54) is 5.56 Å². The van der Waals surface area contributed by atoms with E-state index in [9.17, 15) is 0 Å². The first-order valence-corrected chi connectivity index (χ1v) is 9.60. The van der Waals surface area contributed by atoms with E-state index in [2.05, 4.69) is 22.5 Å². The van der Waals surface area contributed by atoms with Crippen molar-refractivity contribution in [2.45, 2.75) is 26.4 Å². The highest BCUT2D eigenvalue weighted by molar-refractivity contribution is 5.79. The number of ether oxygens (including phenoxy) is 3. The largest absolute Gasteiger partial charge is 0.493 e. The van der Waals surface area contributed by atoms with Crippen LogP contribution in [0.3, 0.4) is 0 Å². The van der Waals surface area contributed by atoms with E-state index in [0.29, 0.717) is 19.8 Å². The summed E-state index contributed by atoms with van der Waals surface area (Å²) in [4.78, 5) is 4.59. The minimum Gasteiger partial charge on any atom is -0.493 e. The molecule has 0 aliphatic heterocycles. The van der Waals surface area contributed by atoms with E-state index in [1.54, 1.807) is 20.5 Å². The van der Waals surface area contributed by atoms with Gasteiger partial charge in [-0.1, -0.05) is 6.07 Å². The topological polar surface area (TPSA) is 77.3 Å². The van der Waals surface area contributed by atoms with Gasteiger partial charge in [0.15, 0.2) is 17.5 Å². The summed E-state index contributed by atoms with van der Waals surface area (Å²) in [6.45, 7) is 5.49. The molecule has 0 saturated carbocycles. The van der Waals surface area contributed by atoms with Crippen molar-refractivity contribution in [2.24, 2.45) is 4.99 Å². The van der Waals surface area contributed by atoms with E-state index in [0.717, 1.165) is 49.1 Å². The first kappa shape index (κ1) is 21.6. The number of nitrogens with zero attached hydrogens (tertiary/aromatic N) is 1. The maximum Gasteiger partial charge on any atom is 0.191 e. The Morgan fingerprint density at radius 2 is 1.96 bits per heavy atom. The van der Waals surface area contributed by atoms with Gasteiger partial charge in [0.2, 0.25) is 0 Å². The Balaban J connectivity index is 1.70. The van der Waals surface area contributed by atoms with E-state index in [4.69, 9.17) is 18.6 Å². The second-order valence-electron chi connectivity index (χ2n) is 6.11. The number of furan rings is 1. The van der Waals surface area contributed by atoms with Crippen LogP contribution in [0.1, 0.15) is 24.7 Å². The lowest BCUT2D eigenvalue weighted by Gasteiger charge is -2.12. The summed E-state index contributed by atoms with van der Waals surface area (Å²) in [7, 11) is 3.29. The average Bonchev–Trinajstić information content (AvgIpc) is 3.23. The summed E-state index contributed by atoms with van der Waals surface area (Å²) in [5.74, 6) is 3.14. The van der Waals surface area contributed by atoms with Crippen molar-refractivity contribution < 1.29 is 18.6 Å². The molecule has 2 N–H and O–H groups in total. The molecule has 7 nitrogen and oxygen atoms in total. The van der Waals surface area contributed by atoms with Crippen LogP contribution in [0, 0.1) is 0 Å². The van der Waals surface area contributed by atoms with E-state index in [-0.39, 0.29) is 0 Å². The molecule has 1 aromatic heterocycles. The maximum absolute atomic E-state index is 5.57. The van der Waals surface area contributed by atoms with Gasteiger partial charge in [0.05, 0.1) is 20.5 Å². The lowest BCUT2D eigenvalue weighted by Crippen LogP contribution is -2.38. The Hall–Kier alpha value is -2.67. The van der Waals surface area contributed by atoms with Crippen LogP contribution in [0.15, 0.2) is 46.0 Å². The summed E-state index contributed by atoms with van der Waals surface area (Å²) in [6.07, 6.45) is 3.36. The molecule has 0 spiro atoms. The van der Waals surface area contributed by atoms with Crippen LogP contribution >= 0.6 is 0 Å². The van der Waals surface area contributed by atoms with Gasteiger partial charge in [-0.2, -0.15) is 0 Å². The predicted molar refractivity (Wildman–Crippen MR) is 110 cm³/mol. The summed E-state index contributed by atoms with van der Waals surface area (Å²) in [5, 5.41) is 6.62. The first-order chi connectivity index (χ1) is 13.8. The number of hydrogen-bond acceptors (Lipinski definition) is 5. The molecule has 0 amide bonds. The predicted octanol–water partition coefficient (Wildman–Crippen LogP) is 3.00. The van der Waals surface area contributed by atoms with E-state index < -0.39 is 0 Å². The molecule has 0 fully saturated rings. The highest BCUT2D eigenvalue weighted by Gasteiger charge is 2.05. The third kappa shape index (κ3) is 7.52. The number of nitrogens with one attached hydrogen (secondary N) is 2. The normalized spacial score (nSPS) is 11.3. The molecule has 0 saturated heterocycles. The van der Waals surface area contributed by atoms with Gasteiger partial charge in [0.25, 0.3) is 0 Å². The van der Waals surface area contributed by atoms with Gasteiger partial charge in [-0.25, -0.2) is 0 Å². The monoisotopic (exact) mass is 389 g/mol. The van der Waals surface area contributed by atoms with Crippen molar-refractivity contribution in [3.05, 3.63) is 47.9 Å². The summed E-state index contributed by atoms with van der Waals surface area (Å²) >= 11 is 0. The molecule has 0 atom stereocenters. The van der Waals surface area contributed by atoms with Gasteiger partial charge in [-0.15, -0.1) is 0 Å². The lowest BCUT2D eigenvalue weighted by atomic mass is 10.1. The van der Waals surface area contributed by atoms with Crippen LogP contribution in [0.25, 0.3) is 0 Å². The van der Waals surface area contributed by atoms with Gasteiger partial charge >= 0.3 is 0 Å². The smallest absolute Gasteiger partial charge is 0.191 e. The quantitative estimate of drug-likeness (QED) is 0.330. The molecule has 0 aliphatic carbocycles. The zero-order valence-corrected chi connectivity index (χ0v) is 17.0. The Kier molecular flexibility index (Phi) is 9.79. The molecule has 1 heterocycles. The second kappa shape index (κ2) is 12.7. The molecule has 0 aliphatic rings. The molecule has 28 heavy (non-hydrogen) atoms. The number of aliphatic imine (C=N–C) groups is 1. The average molecular weight is 389 g/mol. The fourth-order valence-electron chi connectivity index (χ4n) is 2.63. The third-order valence-electron chi connectivity index (χ3n) is 4.04.